The maximum atomic E-state index is 13.4. The molecule has 2 fully saturated rings. The van der Waals surface area contributed by atoms with E-state index in [-0.39, 0.29) is 18.6 Å². The van der Waals surface area contributed by atoms with E-state index in [9.17, 15) is 18.0 Å². The number of nitrogens with one attached hydrogen (secondary N) is 1. The summed E-state index contributed by atoms with van der Waals surface area (Å²) >= 11 is 0. The van der Waals surface area contributed by atoms with Gasteiger partial charge in [-0.25, -0.2) is 19.7 Å². The number of nitrogens with two attached hydrogens (primary N) is 1. The molecule has 1 saturated heterocycles. The predicted octanol–water partition coefficient (Wildman–Crippen LogP) is 3.90. The molecule has 2 amide bonds. The van der Waals surface area contributed by atoms with Gasteiger partial charge in [0.25, 0.3) is 0 Å². The predicted molar refractivity (Wildman–Crippen MR) is 128 cm³/mol. The van der Waals surface area contributed by atoms with Crippen LogP contribution < -0.4 is 20.9 Å². The maximum absolute atomic E-state index is 13.4. The second-order valence-electron chi connectivity index (χ2n) is 9.00. The van der Waals surface area contributed by atoms with Crippen molar-refractivity contribution in [3.63, 3.8) is 0 Å². The normalized spacial score (nSPS) is 18.2. The number of aromatic nitrogens is 3. The highest BCUT2D eigenvalue weighted by Gasteiger charge is 2.33. The molecule has 1 aliphatic heterocycles. The Morgan fingerprint density at radius 3 is 2.60 bits per heavy atom. The zero-order chi connectivity index (χ0) is 24.8. The SMILES string of the molecule is Nc1ccc(N2CCCN(CC(F)(F)F)CC2)nc1N(C(=O)Nc1ccncn1)C1CCCCC1. The lowest BCUT2D eigenvalue weighted by Crippen LogP contribution is -2.45. The van der Waals surface area contributed by atoms with Gasteiger partial charge in [-0.05, 0) is 37.5 Å². The molecule has 35 heavy (non-hydrogen) atoms. The molecule has 1 aliphatic carbocycles. The van der Waals surface area contributed by atoms with Crippen molar-refractivity contribution in [2.45, 2.75) is 50.7 Å². The monoisotopic (exact) mass is 492 g/mol. The molecule has 4 rings (SSSR count). The quantitative estimate of drug-likeness (QED) is 0.653. The fourth-order valence-electron chi connectivity index (χ4n) is 4.74. The van der Waals surface area contributed by atoms with Crippen molar-refractivity contribution in [3.8, 4) is 0 Å². The Labute approximate surface area is 202 Å². The van der Waals surface area contributed by atoms with Crippen molar-refractivity contribution in [3.05, 3.63) is 30.7 Å². The summed E-state index contributed by atoms with van der Waals surface area (Å²) in [7, 11) is 0. The van der Waals surface area contributed by atoms with Crippen molar-refractivity contribution >= 4 is 29.2 Å². The van der Waals surface area contributed by atoms with Crippen LogP contribution in [0.5, 0.6) is 0 Å². The molecule has 9 nitrogen and oxygen atoms in total. The summed E-state index contributed by atoms with van der Waals surface area (Å²) in [4.78, 5) is 31.1. The average Bonchev–Trinajstić information content (AvgIpc) is 3.06. The van der Waals surface area contributed by atoms with E-state index in [4.69, 9.17) is 10.7 Å². The number of hydrogen-bond acceptors (Lipinski definition) is 7. The standard InChI is InChI=1S/C23H31F3N8O/c24-23(25,26)15-32-11-4-12-33(14-13-32)20-8-7-18(27)21(31-20)34(17-5-2-1-3-6-17)22(35)30-19-9-10-28-16-29-19/h7-10,16-17H,1-6,11-15,27H2,(H,28,29,30,35). The first-order chi connectivity index (χ1) is 16.8. The van der Waals surface area contributed by atoms with Crippen molar-refractivity contribution in [2.75, 3.05) is 53.6 Å². The van der Waals surface area contributed by atoms with E-state index in [2.05, 4.69) is 15.3 Å². The molecule has 0 bridgehead atoms. The van der Waals surface area contributed by atoms with Crippen molar-refractivity contribution in [1.82, 2.24) is 19.9 Å². The van der Waals surface area contributed by atoms with Gasteiger partial charge in [0.2, 0.25) is 0 Å². The van der Waals surface area contributed by atoms with E-state index < -0.39 is 12.7 Å². The highest BCUT2D eigenvalue weighted by molar-refractivity contribution is 6.02. The van der Waals surface area contributed by atoms with Gasteiger partial charge < -0.3 is 10.6 Å². The fraction of sp³-hybridized carbons (Fsp3) is 0.565. The number of carbonyl (C=O) groups excluding carboxylic acids is 1. The van der Waals surface area contributed by atoms with Crippen LogP contribution in [0.15, 0.2) is 30.7 Å². The summed E-state index contributed by atoms with van der Waals surface area (Å²) in [5.74, 6) is 1.33. The molecule has 190 valence electrons. The Hall–Kier alpha value is -3.15. The van der Waals surface area contributed by atoms with Gasteiger partial charge in [0.15, 0.2) is 5.82 Å². The number of anilines is 4. The second-order valence-corrected chi connectivity index (χ2v) is 9.00. The minimum atomic E-state index is -4.22. The van der Waals surface area contributed by atoms with Gasteiger partial charge in [0.05, 0.1) is 12.2 Å². The Morgan fingerprint density at radius 2 is 1.89 bits per heavy atom. The Kier molecular flexibility index (Phi) is 7.89. The minimum Gasteiger partial charge on any atom is -0.396 e. The molecular formula is C23H31F3N8O. The first kappa shape index (κ1) is 25.0. The molecule has 2 aromatic rings. The van der Waals surface area contributed by atoms with E-state index in [1.807, 2.05) is 4.90 Å². The number of rotatable bonds is 5. The van der Waals surface area contributed by atoms with Gasteiger partial charge in [-0.3, -0.25) is 15.1 Å². The van der Waals surface area contributed by atoms with Crippen LogP contribution in [0, 0.1) is 0 Å². The van der Waals surface area contributed by atoms with E-state index in [1.165, 1.54) is 11.2 Å². The van der Waals surface area contributed by atoms with Gasteiger partial charge in [-0.15, -0.1) is 0 Å². The lowest BCUT2D eigenvalue weighted by atomic mass is 9.94. The summed E-state index contributed by atoms with van der Waals surface area (Å²) in [6.45, 7) is 0.707. The van der Waals surface area contributed by atoms with E-state index in [0.717, 1.165) is 32.1 Å². The molecule has 3 heterocycles. The molecule has 3 N–H and O–H groups in total. The number of nitrogen functional groups attached to an aromatic ring is 1. The number of pyridine rings is 1. The molecule has 0 aromatic carbocycles. The zero-order valence-electron chi connectivity index (χ0n) is 19.5. The molecule has 2 aromatic heterocycles. The summed E-state index contributed by atoms with van der Waals surface area (Å²) < 4.78 is 38.6. The first-order valence-corrected chi connectivity index (χ1v) is 12.0. The van der Waals surface area contributed by atoms with Crippen LogP contribution in [-0.2, 0) is 0 Å². The number of urea groups is 1. The number of alkyl halides is 3. The van der Waals surface area contributed by atoms with Gasteiger partial charge in [-0.2, -0.15) is 13.2 Å². The smallest absolute Gasteiger partial charge is 0.396 e. The summed E-state index contributed by atoms with van der Waals surface area (Å²) in [5, 5.41) is 2.82. The van der Waals surface area contributed by atoms with Crippen LogP contribution in [0.2, 0.25) is 0 Å². The van der Waals surface area contributed by atoms with E-state index in [0.29, 0.717) is 49.2 Å². The topological polar surface area (TPSA) is 104 Å². The van der Waals surface area contributed by atoms with Gasteiger partial charge in [0, 0.05) is 38.4 Å². The molecule has 0 spiro atoms. The highest BCUT2D eigenvalue weighted by atomic mass is 19.4. The average molecular weight is 493 g/mol. The lowest BCUT2D eigenvalue weighted by Gasteiger charge is -2.34. The number of amides is 2. The first-order valence-electron chi connectivity index (χ1n) is 12.0. The van der Waals surface area contributed by atoms with Crippen molar-refractivity contribution in [2.24, 2.45) is 0 Å². The van der Waals surface area contributed by atoms with E-state index in [1.54, 1.807) is 29.3 Å². The minimum absolute atomic E-state index is 0.0675. The fourth-order valence-corrected chi connectivity index (χ4v) is 4.74. The largest absolute Gasteiger partial charge is 0.401 e. The molecule has 0 radical (unpaired) electrons. The Bertz CT molecular complexity index is 984. The highest BCUT2D eigenvalue weighted by Crippen LogP contribution is 2.32. The third-order valence-electron chi connectivity index (χ3n) is 6.41. The molecule has 12 heteroatoms. The summed E-state index contributed by atoms with van der Waals surface area (Å²) in [6.07, 6.45) is 4.04. The van der Waals surface area contributed by atoms with Crippen LogP contribution in [0.3, 0.4) is 0 Å². The van der Waals surface area contributed by atoms with E-state index >= 15 is 0 Å². The molecule has 0 atom stereocenters. The number of nitrogens with zero attached hydrogens (tertiary/aromatic N) is 6. The molecular weight excluding hydrogens is 461 g/mol. The van der Waals surface area contributed by atoms with Crippen LogP contribution in [0.1, 0.15) is 38.5 Å². The third kappa shape index (κ3) is 6.71. The summed E-state index contributed by atoms with van der Waals surface area (Å²) in [5.41, 5.74) is 6.68. The van der Waals surface area contributed by atoms with Crippen LogP contribution in [0.4, 0.5) is 41.1 Å². The zero-order valence-corrected chi connectivity index (χ0v) is 19.5. The molecule has 0 unspecified atom stereocenters. The Morgan fingerprint density at radius 1 is 1.09 bits per heavy atom. The van der Waals surface area contributed by atoms with Crippen molar-refractivity contribution < 1.29 is 18.0 Å². The molecule has 2 aliphatic rings. The number of halogens is 3. The van der Waals surface area contributed by atoms with Gasteiger partial charge >= 0.3 is 12.2 Å². The lowest BCUT2D eigenvalue weighted by molar-refractivity contribution is -0.145. The molecule has 1 saturated carbocycles. The number of hydrogen-bond donors (Lipinski definition) is 2. The third-order valence-corrected chi connectivity index (χ3v) is 6.41. The van der Waals surface area contributed by atoms with Crippen LogP contribution in [-0.4, -0.2) is 70.8 Å². The second kappa shape index (κ2) is 11.1. The van der Waals surface area contributed by atoms with Gasteiger partial charge in [-0.1, -0.05) is 19.3 Å². The number of carbonyl (C=O) groups is 1. The van der Waals surface area contributed by atoms with Crippen LogP contribution in [0.25, 0.3) is 0 Å². The maximum Gasteiger partial charge on any atom is 0.401 e. The summed E-state index contributed by atoms with van der Waals surface area (Å²) in [6, 6.07) is 4.64. The Balaban J connectivity index is 1.57. The van der Waals surface area contributed by atoms with Crippen molar-refractivity contribution in [1.29, 1.82) is 0 Å². The van der Waals surface area contributed by atoms with Crippen LogP contribution >= 0.6 is 0 Å². The van der Waals surface area contributed by atoms with Gasteiger partial charge in [0.1, 0.15) is 18.0 Å².